The van der Waals surface area contributed by atoms with Crippen LogP contribution in [0.2, 0.25) is 0 Å². The van der Waals surface area contributed by atoms with E-state index < -0.39 is 0 Å². The Kier molecular flexibility index (Phi) is 7.36. The third-order valence-electron chi connectivity index (χ3n) is 4.96. The lowest BCUT2D eigenvalue weighted by Gasteiger charge is -2.16. The Labute approximate surface area is 162 Å². The number of para-hydroxylation sites is 1. The van der Waals surface area contributed by atoms with Crippen LogP contribution in [0.3, 0.4) is 0 Å². The zero-order valence-corrected chi connectivity index (χ0v) is 16.4. The van der Waals surface area contributed by atoms with Crippen molar-refractivity contribution in [1.82, 2.24) is 15.5 Å². The van der Waals surface area contributed by atoms with Crippen LogP contribution >= 0.6 is 0 Å². The number of guanidine groups is 1. The van der Waals surface area contributed by atoms with Gasteiger partial charge < -0.3 is 20.3 Å². The molecule has 1 aromatic carbocycles. The second kappa shape index (κ2) is 10.2. The molecule has 1 saturated heterocycles. The summed E-state index contributed by atoms with van der Waals surface area (Å²) < 4.78 is 5.97. The van der Waals surface area contributed by atoms with E-state index in [0.717, 1.165) is 68.8 Å². The molecule has 1 saturated carbocycles. The van der Waals surface area contributed by atoms with Gasteiger partial charge in [-0.25, -0.2) is 4.99 Å². The molecule has 1 aliphatic heterocycles. The SMILES string of the molecule is CCNC(=NCc1ccccc1OCC1CC1)NCCCN1CCCC1=O. The molecule has 2 N–H and O–H groups in total. The second-order valence-corrected chi connectivity index (χ2v) is 7.32. The number of hydrogen-bond donors (Lipinski definition) is 2. The van der Waals surface area contributed by atoms with Gasteiger partial charge in [-0.1, -0.05) is 18.2 Å². The van der Waals surface area contributed by atoms with Crippen LogP contribution < -0.4 is 15.4 Å². The van der Waals surface area contributed by atoms with E-state index in [-0.39, 0.29) is 0 Å². The lowest BCUT2D eigenvalue weighted by Crippen LogP contribution is -2.39. The maximum absolute atomic E-state index is 11.7. The number of likely N-dealkylation sites (tertiary alicyclic amines) is 1. The van der Waals surface area contributed by atoms with E-state index in [2.05, 4.69) is 23.6 Å². The van der Waals surface area contributed by atoms with Gasteiger partial charge in [-0.2, -0.15) is 0 Å². The topological polar surface area (TPSA) is 66.0 Å². The molecule has 6 heteroatoms. The number of nitrogens with zero attached hydrogens (tertiary/aromatic N) is 2. The van der Waals surface area contributed by atoms with Crippen LogP contribution in [0, 0.1) is 5.92 Å². The largest absolute Gasteiger partial charge is 0.493 e. The fourth-order valence-electron chi connectivity index (χ4n) is 3.19. The van der Waals surface area contributed by atoms with Gasteiger partial charge >= 0.3 is 0 Å². The molecule has 1 amide bonds. The number of ether oxygens (including phenoxy) is 1. The van der Waals surface area contributed by atoms with Gasteiger partial charge in [0.25, 0.3) is 0 Å². The van der Waals surface area contributed by atoms with Gasteiger partial charge in [0.2, 0.25) is 5.91 Å². The Balaban J connectivity index is 1.47. The van der Waals surface area contributed by atoms with Crippen molar-refractivity contribution in [2.45, 2.75) is 45.6 Å². The molecule has 1 heterocycles. The summed E-state index contributed by atoms with van der Waals surface area (Å²) in [6.07, 6.45) is 5.21. The Morgan fingerprint density at radius 1 is 1.30 bits per heavy atom. The summed E-state index contributed by atoms with van der Waals surface area (Å²) >= 11 is 0. The lowest BCUT2D eigenvalue weighted by atomic mass is 10.2. The van der Waals surface area contributed by atoms with Gasteiger partial charge in [-0.15, -0.1) is 0 Å². The molecule has 0 spiro atoms. The van der Waals surface area contributed by atoms with E-state index in [1.54, 1.807) is 0 Å². The number of carbonyl (C=O) groups excluding carboxylic acids is 1. The Bertz CT molecular complexity index is 643. The summed E-state index contributed by atoms with van der Waals surface area (Å²) in [6, 6.07) is 8.15. The standard InChI is InChI=1S/C21H32N4O2/c1-2-22-21(23-12-6-14-25-13-5-9-20(25)26)24-15-18-7-3-4-8-19(18)27-16-17-10-11-17/h3-4,7-8,17H,2,5-6,9-16H2,1H3,(H2,22,23,24). The van der Waals surface area contributed by atoms with Crippen molar-refractivity contribution < 1.29 is 9.53 Å². The molecule has 27 heavy (non-hydrogen) atoms. The first-order valence-corrected chi connectivity index (χ1v) is 10.3. The normalized spacial score (nSPS) is 17.3. The van der Waals surface area contributed by atoms with Gasteiger partial charge in [-0.05, 0) is 44.6 Å². The van der Waals surface area contributed by atoms with Gasteiger partial charge in [-0.3, -0.25) is 4.79 Å². The quantitative estimate of drug-likeness (QED) is 0.376. The fraction of sp³-hybridized carbons (Fsp3) is 0.619. The molecular weight excluding hydrogens is 340 g/mol. The van der Waals surface area contributed by atoms with E-state index in [1.807, 2.05) is 23.1 Å². The predicted molar refractivity (Wildman–Crippen MR) is 108 cm³/mol. The van der Waals surface area contributed by atoms with Crippen LogP contribution in [0.5, 0.6) is 5.75 Å². The van der Waals surface area contributed by atoms with Crippen LogP contribution in [0.1, 0.15) is 44.6 Å². The van der Waals surface area contributed by atoms with Crippen LogP contribution in [-0.2, 0) is 11.3 Å². The molecule has 6 nitrogen and oxygen atoms in total. The van der Waals surface area contributed by atoms with Crippen molar-refractivity contribution in [2.24, 2.45) is 10.9 Å². The van der Waals surface area contributed by atoms with Gasteiger partial charge in [0.05, 0.1) is 13.2 Å². The molecule has 0 unspecified atom stereocenters. The van der Waals surface area contributed by atoms with Crippen molar-refractivity contribution in [3.05, 3.63) is 29.8 Å². The minimum atomic E-state index is 0.290. The highest BCUT2D eigenvalue weighted by Gasteiger charge is 2.22. The van der Waals surface area contributed by atoms with E-state index >= 15 is 0 Å². The Morgan fingerprint density at radius 2 is 2.15 bits per heavy atom. The van der Waals surface area contributed by atoms with Crippen LogP contribution in [-0.4, -0.2) is 49.6 Å². The van der Waals surface area contributed by atoms with Crippen LogP contribution in [0.4, 0.5) is 0 Å². The van der Waals surface area contributed by atoms with Crippen molar-refractivity contribution in [3.63, 3.8) is 0 Å². The maximum atomic E-state index is 11.7. The second-order valence-electron chi connectivity index (χ2n) is 7.32. The third kappa shape index (κ3) is 6.45. The fourth-order valence-corrected chi connectivity index (χ4v) is 3.19. The molecule has 2 aliphatic rings. The summed E-state index contributed by atoms with van der Waals surface area (Å²) in [5.41, 5.74) is 1.11. The number of hydrogen-bond acceptors (Lipinski definition) is 3. The van der Waals surface area contributed by atoms with Crippen LogP contribution in [0.15, 0.2) is 29.3 Å². The molecule has 1 aromatic rings. The van der Waals surface area contributed by atoms with E-state index in [4.69, 9.17) is 9.73 Å². The first kappa shape index (κ1) is 19.5. The Hall–Kier alpha value is -2.24. The minimum absolute atomic E-state index is 0.290. The monoisotopic (exact) mass is 372 g/mol. The number of amides is 1. The molecule has 148 valence electrons. The molecule has 3 rings (SSSR count). The molecule has 0 bridgehead atoms. The van der Waals surface area contributed by atoms with E-state index in [1.165, 1.54) is 12.8 Å². The van der Waals surface area contributed by atoms with Crippen molar-refractivity contribution in [3.8, 4) is 5.75 Å². The average molecular weight is 373 g/mol. The zero-order valence-electron chi connectivity index (χ0n) is 16.4. The minimum Gasteiger partial charge on any atom is -0.493 e. The van der Waals surface area contributed by atoms with E-state index in [0.29, 0.717) is 18.9 Å². The summed E-state index contributed by atoms with van der Waals surface area (Å²) in [5.74, 6) is 2.78. The van der Waals surface area contributed by atoms with Gasteiger partial charge in [0.1, 0.15) is 5.75 Å². The van der Waals surface area contributed by atoms with Crippen molar-refractivity contribution in [2.75, 3.05) is 32.8 Å². The number of rotatable bonds is 10. The summed E-state index contributed by atoms with van der Waals surface area (Å²) in [5, 5.41) is 6.66. The molecule has 0 aromatic heterocycles. The van der Waals surface area contributed by atoms with Crippen LogP contribution in [0.25, 0.3) is 0 Å². The highest BCUT2D eigenvalue weighted by atomic mass is 16.5. The zero-order chi connectivity index (χ0) is 18.9. The summed E-state index contributed by atoms with van der Waals surface area (Å²) in [6.45, 7) is 6.81. The highest BCUT2D eigenvalue weighted by Crippen LogP contribution is 2.30. The number of carbonyl (C=O) groups is 1. The third-order valence-corrected chi connectivity index (χ3v) is 4.96. The number of aliphatic imine (C=N–C) groups is 1. The molecular formula is C21H32N4O2. The summed E-state index contributed by atoms with van der Waals surface area (Å²) in [4.78, 5) is 18.3. The molecule has 2 fully saturated rings. The smallest absolute Gasteiger partial charge is 0.222 e. The number of nitrogens with one attached hydrogen (secondary N) is 2. The highest BCUT2D eigenvalue weighted by molar-refractivity contribution is 5.80. The molecule has 1 aliphatic carbocycles. The van der Waals surface area contributed by atoms with Gasteiger partial charge in [0, 0.05) is 38.2 Å². The first-order chi connectivity index (χ1) is 13.3. The molecule has 0 atom stereocenters. The Morgan fingerprint density at radius 3 is 2.89 bits per heavy atom. The number of benzene rings is 1. The average Bonchev–Trinajstić information content (AvgIpc) is 3.43. The van der Waals surface area contributed by atoms with Gasteiger partial charge in [0.15, 0.2) is 5.96 Å². The summed E-state index contributed by atoms with van der Waals surface area (Å²) in [7, 11) is 0. The lowest BCUT2D eigenvalue weighted by molar-refractivity contribution is -0.127. The van der Waals surface area contributed by atoms with E-state index in [9.17, 15) is 4.79 Å². The van der Waals surface area contributed by atoms with Crippen molar-refractivity contribution >= 4 is 11.9 Å². The predicted octanol–water partition coefficient (Wildman–Crippen LogP) is 2.54. The molecule has 0 radical (unpaired) electrons. The first-order valence-electron chi connectivity index (χ1n) is 10.3. The maximum Gasteiger partial charge on any atom is 0.222 e. The van der Waals surface area contributed by atoms with Crippen molar-refractivity contribution in [1.29, 1.82) is 0 Å².